The number of carbonyl (C=O) groups is 1. The largest absolute Gasteiger partial charge is 0.383 e. The highest BCUT2D eigenvalue weighted by Crippen LogP contribution is 2.21. The molecule has 100 valence electrons. The first kappa shape index (κ1) is 14.7. The van der Waals surface area contributed by atoms with Crippen molar-refractivity contribution >= 4 is 5.91 Å². The Balaban J connectivity index is 2.70. The molecule has 0 heterocycles. The average molecular weight is 249 g/mol. The Kier molecular flexibility index (Phi) is 6.44. The van der Waals surface area contributed by atoms with Crippen LogP contribution in [-0.2, 0) is 9.53 Å². The van der Waals surface area contributed by atoms with Crippen molar-refractivity contribution in [2.45, 2.75) is 38.6 Å². The molecule has 1 aromatic rings. The van der Waals surface area contributed by atoms with E-state index >= 15 is 0 Å². The number of hydrogen-bond donors (Lipinski definition) is 1. The van der Waals surface area contributed by atoms with Crippen molar-refractivity contribution in [2.75, 3.05) is 13.7 Å². The summed E-state index contributed by atoms with van der Waals surface area (Å²) in [5.74, 6) is 0.0307. The minimum Gasteiger partial charge on any atom is -0.383 e. The third-order valence-corrected chi connectivity index (χ3v) is 2.90. The number of rotatable bonds is 7. The quantitative estimate of drug-likeness (QED) is 0.807. The van der Waals surface area contributed by atoms with E-state index in [1.807, 2.05) is 37.3 Å². The van der Waals surface area contributed by atoms with Crippen molar-refractivity contribution in [1.29, 1.82) is 0 Å². The Morgan fingerprint density at radius 3 is 2.56 bits per heavy atom. The Hall–Kier alpha value is -1.35. The Labute approximate surface area is 110 Å². The van der Waals surface area contributed by atoms with Gasteiger partial charge in [0, 0.05) is 13.2 Å². The van der Waals surface area contributed by atoms with Crippen LogP contribution in [0.5, 0.6) is 0 Å². The molecule has 0 unspecified atom stereocenters. The lowest BCUT2D eigenvalue weighted by Gasteiger charge is -2.20. The van der Waals surface area contributed by atoms with Gasteiger partial charge in [0.25, 0.3) is 0 Å². The molecule has 0 aromatic heterocycles. The number of carbonyl (C=O) groups excluding carboxylic acids is 1. The highest BCUT2D eigenvalue weighted by Gasteiger charge is 2.20. The summed E-state index contributed by atoms with van der Waals surface area (Å²) < 4.78 is 5.04. The topological polar surface area (TPSA) is 38.3 Å². The highest BCUT2D eigenvalue weighted by atomic mass is 16.5. The molecule has 0 aliphatic carbocycles. The molecular formula is C15H23NO2. The molecule has 0 radical (unpaired) electrons. The van der Waals surface area contributed by atoms with Crippen molar-refractivity contribution in [3.05, 3.63) is 35.9 Å². The van der Waals surface area contributed by atoms with E-state index in [2.05, 4.69) is 12.2 Å². The van der Waals surface area contributed by atoms with Gasteiger partial charge in [0.1, 0.15) is 0 Å². The average Bonchev–Trinajstić information content (AvgIpc) is 2.37. The third kappa shape index (κ3) is 4.49. The van der Waals surface area contributed by atoms with Crippen LogP contribution < -0.4 is 5.32 Å². The monoisotopic (exact) mass is 249 g/mol. The molecule has 18 heavy (non-hydrogen) atoms. The molecule has 0 aliphatic rings. The molecule has 3 nitrogen and oxygen atoms in total. The van der Waals surface area contributed by atoms with Crippen LogP contribution in [0.15, 0.2) is 30.3 Å². The molecular weight excluding hydrogens is 226 g/mol. The molecule has 1 amide bonds. The van der Waals surface area contributed by atoms with Gasteiger partial charge in [-0.1, -0.05) is 43.7 Å². The van der Waals surface area contributed by atoms with Gasteiger partial charge in [-0.05, 0) is 18.9 Å². The van der Waals surface area contributed by atoms with Crippen LogP contribution in [0.3, 0.4) is 0 Å². The van der Waals surface area contributed by atoms with Gasteiger partial charge in [-0.15, -0.1) is 0 Å². The lowest BCUT2D eigenvalue weighted by atomic mass is 9.93. The van der Waals surface area contributed by atoms with Crippen LogP contribution in [0.4, 0.5) is 0 Å². The lowest BCUT2D eigenvalue weighted by molar-refractivity contribution is -0.123. The minimum absolute atomic E-state index is 0.0468. The maximum atomic E-state index is 12.3. The lowest BCUT2D eigenvalue weighted by Crippen LogP contribution is -2.38. The fourth-order valence-corrected chi connectivity index (χ4v) is 2.06. The summed E-state index contributed by atoms with van der Waals surface area (Å²) in [6, 6.07) is 10.00. The number of benzene rings is 1. The molecule has 0 spiro atoms. The molecule has 0 fully saturated rings. The summed E-state index contributed by atoms with van der Waals surface area (Å²) in [5, 5.41) is 3.00. The first-order valence-corrected chi connectivity index (χ1v) is 6.53. The van der Waals surface area contributed by atoms with Crippen LogP contribution in [0, 0.1) is 0 Å². The van der Waals surface area contributed by atoms with Crippen LogP contribution in [0.2, 0.25) is 0 Å². The Bertz CT molecular complexity index is 351. The van der Waals surface area contributed by atoms with Gasteiger partial charge < -0.3 is 10.1 Å². The van der Waals surface area contributed by atoms with Crippen LogP contribution in [0.25, 0.3) is 0 Å². The van der Waals surface area contributed by atoms with Gasteiger partial charge in [0.15, 0.2) is 0 Å². The van der Waals surface area contributed by atoms with E-state index in [1.165, 1.54) is 0 Å². The van der Waals surface area contributed by atoms with E-state index < -0.39 is 0 Å². The van der Waals surface area contributed by atoms with Gasteiger partial charge >= 0.3 is 0 Å². The van der Waals surface area contributed by atoms with E-state index in [0.717, 1.165) is 18.4 Å². The predicted octanol–water partition coefficient (Wildman–Crippen LogP) is 2.72. The number of nitrogens with one attached hydrogen (secondary N) is 1. The molecule has 0 saturated carbocycles. The van der Waals surface area contributed by atoms with Gasteiger partial charge in [-0.2, -0.15) is 0 Å². The molecule has 1 rings (SSSR count). The zero-order chi connectivity index (χ0) is 13.4. The van der Waals surface area contributed by atoms with Crippen LogP contribution in [0.1, 0.15) is 38.2 Å². The summed E-state index contributed by atoms with van der Waals surface area (Å²) in [6.07, 6.45) is 1.86. The SMILES string of the molecule is CCC[C@@H](C(=O)N[C@@H](C)COC)c1ccccc1. The zero-order valence-electron chi connectivity index (χ0n) is 11.5. The fourth-order valence-electron chi connectivity index (χ4n) is 2.06. The van der Waals surface area contributed by atoms with Crippen molar-refractivity contribution in [3.8, 4) is 0 Å². The van der Waals surface area contributed by atoms with Crippen molar-refractivity contribution in [2.24, 2.45) is 0 Å². The maximum absolute atomic E-state index is 12.3. The molecule has 1 N–H and O–H groups in total. The first-order chi connectivity index (χ1) is 8.69. The van der Waals surface area contributed by atoms with E-state index in [-0.39, 0.29) is 17.9 Å². The Morgan fingerprint density at radius 2 is 2.00 bits per heavy atom. The number of hydrogen-bond acceptors (Lipinski definition) is 2. The second kappa shape index (κ2) is 7.88. The summed E-state index contributed by atoms with van der Waals surface area (Å²) in [7, 11) is 1.64. The molecule has 3 heteroatoms. The Morgan fingerprint density at radius 1 is 1.33 bits per heavy atom. The van der Waals surface area contributed by atoms with Gasteiger partial charge in [0.05, 0.1) is 12.5 Å². The standard InChI is InChI=1S/C15H23NO2/c1-4-8-14(13-9-6-5-7-10-13)15(17)16-12(2)11-18-3/h5-7,9-10,12,14H,4,8,11H2,1-3H3,(H,16,17)/t12-,14+/m0/s1. The summed E-state index contributed by atoms with van der Waals surface area (Å²) >= 11 is 0. The summed E-state index contributed by atoms with van der Waals surface area (Å²) in [6.45, 7) is 4.59. The predicted molar refractivity (Wildman–Crippen MR) is 73.6 cm³/mol. The third-order valence-electron chi connectivity index (χ3n) is 2.90. The van der Waals surface area contributed by atoms with E-state index in [4.69, 9.17) is 4.74 Å². The maximum Gasteiger partial charge on any atom is 0.227 e. The fraction of sp³-hybridized carbons (Fsp3) is 0.533. The number of ether oxygens (including phenoxy) is 1. The molecule has 0 bridgehead atoms. The second-order valence-corrected chi connectivity index (χ2v) is 4.62. The van der Waals surface area contributed by atoms with Crippen molar-refractivity contribution in [1.82, 2.24) is 5.32 Å². The van der Waals surface area contributed by atoms with Crippen LogP contribution >= 0.6 is 0 Å². The highest BCUT2D eigenvalue weighted by molar-refractivity contribution is 5.83. The molecule has 0 aliphatic heterocycles. The number of amides is 1. The first-order valence-electron chi connectivity index (χ1n) is 6.53. The smallest absolute Gasteiger partial charge is 0.227 e. The minimum atomic E-state index is -0.0597. The molecule has 2 atom stereocenters. The molecule has 0 saturated heterocycles. The van der Waals surface area contributed by atoms with Crippen molar-refractivity contribution < 1.29 is 9.53 Å². The van der Waals surface area contributed by atoms with Crippen molar-refractivity contribution in [3.63, 3.8) is 0 Å². The summed E-state index contributed by atoms with van der Waals surface area (Å²) in [5.41, 5.74) is 1.08. The van der Waals surface area contributed by atoms with E-state index in [0.29, 0.717) is 6.61 Å². The normalized spacial score (nSPS) is 13.9. The molecule has 1 aromatic carbocycles. The van der Waals surface area contributed by atoms with Gasteiger partial charge in [-0.3, -0.25) is 4.79 Å². The zero-order valence-corrected chi connectivity index (χ0v) is 11.5. The van der Waals surface area contributed by atoms with Crippen LogP contribution in [-0.4, -0.2) is 25.7 Å². The van der Waals surface area contributed by atoms with Gasteiger partial charge in [-0.25, -0.2) is 0 Å². The number of methoxy groups -OCH3 is 1. The van der Waals surface area contributed by atoms with Gasteiger partial charge in [0.2, 0.25) is 5.91 Å². The second-order valence-electron chi connectivity index (χ2n) is 4.62. The van der Waals surface area contributed by atoms with E-state index in [1.54, 1.807) is 7.11 Å². The summed E-state index contributed by atoms with van der Waals surface area (Å²) in [4.78, 5) is 12.3. The van der Waals surface area contributed by atoms with E-state index in [9.17, 15) is 4.79 Å².